The number of nitrogens with zero attached hydrogens (tertiary/aromatic N) is 1. The van der Waals surface area contributed by atoms with Crippen LogP contribution >= 0.6 is 23.1 Å². The Morgan fingerprint density at radius 2 is 1.90 bits per heavy atom. The molecule has 1 amide bonds. The highest BCUT2D eigenvalue weighted by Gasteiger charge is 2.41. The van der Waals surface area contributed by atoms with Gasteiger partial charge in [-0.3, -0.25) is 14.5 Å². The fraction of sp³-hybridized carbons (Fsp3) is 0.500. The first kappa shape index (κ1) is 23.0. The third-order valence-electron chi connectivity index (χ3n) is 5.77. The molecule has 0 aliphatic carbocycles. The molecule has 2 heterocycles. The Labute approximate surface area is 187 Å². The first-order valence-electron chi connectivity index (χ1n) is 10.6. The van der Waals surface area contributed by atoms with Gasteiger partial charge in [-0.2, -0.15) is 0 Å². The molecule has 162 valence electrons. The molecule has 0 spiro atoms. The average molecular weight is 448 g/mol. The van der Waals surface area contributed by atoms with Gasteiger partial charge in [0.25, 0.3) is 5.91 Å². The van der Waals surface area contributed by atoms with Gasteiger partial charge in [0.2, 0.25) is 5.50 Å². The summed E-state index contributed by atoms with van der Waals surface area (Å²) in [5.41, 5.74) is -0.448. The lowest BCUT2D eigenvalue weighted by Gasteiger charge is -2.27. The minimum atomic E-state index is -1.51. The molecular formula is C24H30FNO2S2. The molecule has 0 bridgehead atoms. The smallest absolute Gasteiger partial charge is 0.273 e. The second-order valence-electron chi connectivity index (χ2n) is 8.29. The molecule has 0 radical (unpaired) electrons. The number of benzene rings is 1. The Morgan fingerprint density at radius 1 is 1.17 bits per heavy atom. The third kappa shape index (κ3) is 5.14. The molecule has 0 saturated carbocycles. The van der Waals surface area contributed by atoms with Crippen LogP contribution in [-0.2, 0) is 21.4 Å². The normalized spacial score (nSPS) is 19.5. The number of thioether (sulfide) groups is 1. The molecule has 2 aromatic rings. The second-order valence-corrected chi connectivity index (χ2v) is 10.5. The number of halogens is 1. The van der Waals surface area contributed by atoms with Gasteiger partial charge < -0.3 is 0 Å². The third-order valence-corrected chi connectivity index (χ3v) is 7.91. The van der Waals surface area contributed by atoms with Crippen LogP contribution in [0.4, 0.5) is 10.1 Å². The van der Waals surface area contributed by atoms with Gasteiger partial charge in [0.05, 0.1) is 5.37 Å². The molecule has 30 heavy (non-hydrogen) atoms. The van der Waals surface area contributed by atoms with Gasteiger partial charge in [0.1, 0.15) is 5.78 Å². The zero-order chi connectivity index (χ0) is 21.7. The summed E-state index contributed by atoms with van der Waals surface area (Å²) in [5.74, 6) is -0.257. The van der Waals surface area contributed by atoms with E-state index in [1.54, 1.807) is 16.2 Å². The van der Waals surface area contributed by atoms with Crippen molar-refractivity contribution in [3.63, 3.8) is 0 Å². The zero-order valence-electron chi connectivity index (χ0n) is 17.9. The van der Waals surface area contributed by atoms with Crippen molar-refractivity contribution in [2.45, 2.75) is 75.6 Å². The summed E-state index contributed by atoms with van der Waals surface area (Å²) in [7, 11) is 0. The fourth-order valence-electron chi connectivity index (χ4n) is 3.75. The number of hydrogen-bond acceptors (Lipinski definition) is 4. The van der Waals surface area contributed by atoms with Crippen LogP contribution in [0.15, 0.2) is 41.8 Å². The standard InChI is InChI=1S/C24H30FNO2S2/c1-4-5-10-20(27)24(2,3)17-12-14-18(15-13-17)26-21(30-22(25)23(26)28)11-6-8-19-9-7-16-29-19/h7,9,12-16,21-22H,4-6,8,10-11H2,1-3H3. The van der Waals surface area contributed by atoms with Crippen LogP contribution in [0, 0.1) is 0 Å². The van der Waals surface area contributed by atoms with Gasteiger partial charge in [-0.05, 0) is 68.7 Å². The van der Waals surface area contributed by atoms with E-state index in [0.717, 1.165) is 49.4 Å². The monoisotopic (exact) mass is 447 g/mol. The minimum Gasteiger partial charge on any atom is -0.299 e. The Kier molecular flexibility index (Phi) is 7.75. The number of anilines is 1. The van der Waals surface area contributed by atoms with Crippen molar-refractivity contribution >= 4 is 40.5 Å². The molecule has 1 fully saturated rings. The van der Waals surface area contributed by atoms with E-state index in [-0.39, 0.29) is 11.2 Å². The van der Waals surface area contributed by atoms with Crippen molar-refractivity contribution < 1.29 is 14.0 Å². The lowest BCUT2D eigenvalue weighted by molar-refractivity contribution is -0.123. The van der Waals surface area contributed by atoms with E-state index in [9.17, 15) is 14.0 Å². The number of ketones is 1. The number of unbranched alkanes of at least 4 members (excludes halogenated alkanes) is 1. The van der Waals surface area contributed by atoms with E-state index in [0.29, 0.717) is 12.1 Å². The summed E-state index contributed by atoms with van der Waals surface area (Å²) in [5, 5.41) is 1.86. The summed E-state index contributed by atoms with van der Waals surface area (Å²) < 4.78 is 14.2. The Hall–Kier alpha value is -1.66. The van der Waals surface area contributed by atoms with Gasteiger partial charge in [-0.1, -0.05) is 43.3 Å². The number of carbonyl (C=O) groups is 2. The first-order chi connectivity index (χ1) is 14.3. The maximum atomic E-state index is 14.2. The number of Topliss-reactive ketones (excluding diaryl/α,β-unsaturated/α-hetero) is 1. The quantitative estimate of drug-likeness (QED) is 0.417. The van der Waals surface area contributed by atoms with Gasteiger partial charge in [0, 0.05) is 22.4 Å². The summed E-state index contributed by atoms with van der Waals surface area (Å²) in [6.07, 6.45) is 5.06. The predicted molar refractivity (Wildman–Crippen MR) is 125 cm³/mol. The highest BCUT2D eigenvalue weighted by atomic mass is 32.2. The van der Waals surface area contributed by atoms with E-state index in [1.807, 2.05) is 44.2 Å². The molecule has 1 aromatic heterocycles. The molecule has 0 N–H and O–H groups in total. The van der Waals surface area contributed by atoms with Crippen molar-refractivity contribution in [1.29, 1.82) is 0 Å². The van der Waals surface area contributed by atoms with E-state index in [1.165, 1.54) is 4.88 Å². The van der Waals surface area contributed by atoms with Crippen molar-refractivity contribution in [2.75, 3.05) is 4.90 Å². The SMILES string of the molecule is CCCCC(=O)C(C)(C)c1ccc(N2C(=O)C(F)SC2CCCc2cccs2)cc1. The van der Waals surface area contributed by atoms with Crippen LogP contribution in [0.25, 0.3) is 0 Å². The Bertz CT molecular complexity index is 849. The predicted octanol–water partition coefficient (Wildman–Crippen LogP) is 6.51. The molecule has 1 aliphatic heterocycles. The molecule has 1 aliphatic rings. The second kappa shape index (κ2) is 10.1. The number of aryl methyl sites for hydroxylation is 1. The zero-order valence-corrected chi connectivity index (χ0v) is 19.5. The van der Waals surface area contributed by atoms with E-state index >= 15 is 0 Å². The molecule has 1 aromatic carbocycles. The minimum absolute atomic E-state index is 0.197. The highest BCUT2D eigenvalue weighted by Crippen LogP contribution is 2.39. The summed E-state index contributed by atoms with van der Waals surface area (Å²) in [6.45, 7) is 5.97. The van der Waals surface area contributed by atoms with Crippen LogP contribution in [0.3, 0.4) is 0 Å². The summed E-state index contributed by atoms with van der Waals surface area (Å²) in [4.78, 5) is 28.0. The molecule has 2 unspecified atom stereocenters. The van der Waals surface area contributed by atoms with Gasteiger partial charge in [-0.25, -0.2) is 4.39 Å². The molecular weight excluding hydrogens is 417 g/mol. The van der Waals surface area contributed by atoms with Gasteiger partial charge >= 0.3 is 0 Å². The molecule has 3 rings (SSSR count). The van der Waals surface area contributed by atoms with Crippen molar-refractivity contribution in [3.8, 4) is 0 Å². The molecule has 1 saturated heterocycles. The van der Waals surface area contributed by atoms with Crippen LogP contribution in [-0.4, -0.2) is 22.6 Å². The van der Waals surface area contributed by atoms with E-state index in [2.05, 4.69) is 18.4 Å². The van der Waals surface area contributed by atoms with Crippen LogP contribution in [0.1, 0.15) is 63.3 Å². The summed E-state index contributed by atoms with van der Waals surface area (Å²) >= 11 is 2.82. The van der Waals surface area contributed by atoms with Crippen LogP contribution < -0.4 is 4.90 Å². The number of hydrogen-bond donors (Lipinski definition) is 0. The molecule has 3 nitrogen and oxygen atoms in total. The highest BCUT2D eigenvalue weighted by molar-refractivity contribution is 8.01. The number of thiophene rings is 1. The van der Waals surface area contributed by atoms with E-state index in [4.69, 9.17) is 0 Å². The number of amides is 1. The molecule has 6 heteroatoms. The Balaban J connectivity index is 1.70. The fourth-order valence-corrected chi connectivity index (χ4v) is 5.66. The Morgan fingerprint density at radius 3 is 2.53 bits per heavy atom. The first-order valence-corrected chi connectivity index (χ1v) is 12.5. The average Bonchev–Trinajstić information content (AvgIpc) is 3.34. The van der Waals surface area contributed by atoms with Gasteiger partial charge in [0.15, 0.2) is 0 Å². The number of rotatable bonds is 10. The van der Waals surface area contributed by atoms with Crippen LogP contribution in [0.2, 0.25) is 0 Å². The lowest BCUT2D eigenvalue weighted by atomic mass is 9.79. The topological polar surface area (TPSA) is 37.4 Å². The molecule has 2 atom stereocenters. The lowest BCUT2D eigenvalue weighted by Crippen LogP contribution is -2.34. The van der Waals surface area contributed by atoms with E-state index < -0.39 is 16.8 Å². The van der Waals surface area contributed by atoms with Gasteiger partial charge in [-0.15, -0.1) is 11.3 Å². The summed E-state index contributed by atoms with van der Waals surface area (Å²) in [6, 6.07) is 11.7. The largest absolute Gasteiger partial charge is 0.299 e. The maximum absolute atomic E-state index is 14.2. The number of alkyl halides is 1. The van der Waals surface area contributed by atoms with Crippen molar-refractivity contribution in [2.24, 2.45) is 0 Å². The van der Waals surface area contributed by atoms with Crippen molar-refractivity contribution in [1.82, 2.24) is 0 Å². The van der Waals surface area contributed by atoms with Crippen LogP contribution in [0.5, 0.6) is 0 Å². The maximum Gasteiger partial charge on any atom is 0.273 e. The van der Waals surface area contributed by atoms with Crippen molar-refractivity contribution in [3.05, 3.63) is 52.2 Å². The number of carbonyl (C=O) groups excluding carboxylic acids is 2.